The fraction of sp³-hybridized carbons (Fsp3) is 0.793. The van der Waals surface area contributed by atoms with E-state index in [4.69, 9.17) is 9.96 Å². The molecule has 206 valence electrons. The molecule has 0 spiro atoms. The van der Waals surface area contributed by atoms with Gasteiger partial charge in [-0.05, 0) is 58.0 Å². The van der Waals surface area contributed by atoms with Crippen molar-refractivity contribution in [1.29, 1.82) is 0 Å². The van der Waals surface area contributed by atoms with Crippen LogP contribution in [0.1, 0.15) is 83.1 Å². The zero-order chi connectivity index (χ0) is 28.3. The van der Waals surface area contributed by atoms with Gasteiger partial charge in [0.05, 0.1) is 10.3 Å². The minimum Gasteiger partial charge on any atom is -0.668 e. The second-order valence-corrected chi connectivity index (χ2v) is 33.5. The fourth-order valence-electron chi connectivity index (χ4n) is 5.02. The average Bonchev–Trinajstić information content (AvgIpc) is 2.51. The summed E-state index contributed by atoms with van der Waals surface area (Å²) in [5, 5.41) is 6.41. The third-order valence-electron chi connectivity index (χ3n) is 5.35. The average molecular weight is 621 g/mol. The first-order chi connectivity index (χ1) is 15.1. The molecule has 0 bridgehead atoms. The van der Waals surface area contributed by atoms with Gasteiger partial charge in [0.15, 0.2) is 0 Å². The van der Waals surface area contributed by atoms with Crippen LogP contribution in [0.2, 0.25) is 39.3 Å². The van der Waals surface area contributed by atoms with Crippen LogP contribution < -0.4 is 0 Å². The number of hydrogen-bond acceptors (Lipinski definition) is 0. The number of rotatable bonds is 5. The van der Waals surface area contributed by atoms with E-state index in [1.54, 1.807) is 0 Å². The van der Waals surface area contributed by atoms with Gasteiger partial charge >= 0.3 is 19.5 Å². The van der Waals surface area contributed by atoms with Gasteiger partial charge in [-0.3, -0.25) is 0 Å². The number of hydrogen-bond donors (Lipinski definition) is 0. The molecule has 0 saturated heterocycles. The molecule has 0 aromatic carbocycles. The van der Waals surface area contributed by atoms with Crippen molar-refractivity contribution in [1.82, 2.24) is 0 Å². The molecule has 0 amide bonds. The van der Waals surface area contributed by atoms with E-state index in [1.807, 2.05) is 0 Å². The fourth-order valence-corrected chi connectivity index (χ4v) is 20.1. The van der Waals surface area contributed by atoms with Gasteiger partial charge in [0.25, 0.3) is 0 Å². The van der Waals surface area contributed by atoms with Gasteiger partial charge in [-0.1, -0.05) is 123 Å². The van der Waals surface area contributed by atoms with Crippen LogP contribution in [0.3, 0.4) is 0 Å². The summed E-state index contributed by atoms with van der Waals surface area (Å²) < 4.78 is 4.82. The van der Waals surface area contributed by atoms with E-state index >= 15 is 0 Å². The smallest absolute Gasteiger partial charge is 0.668 e. The molecule has 0 saturated carbocycles. The first-order valence-electron chi connectivity index (χ1n) is 13.3. The monoisotopic (exact) mass is 619 g/mol. The molecule has 2 nitrogen and oxygen atoms in total. The van der Waals surface area contributed by atoms with Gasteiger partial charge in [-0.25, -0.2) is 0 Å². The molecule has 1 aliphatic rings. The maximum absolute atomic E-state index is 5.09. The zero-order valence-electron chi connectivity index (χ0n) is 27.6. The summed E-state index contributed by atoms with van der Waals surface area (Å²) in [5.74, 6) is 2.50. The van der Waals surface area contributed by atoms with Crippen molar-refractivity contribution >= 4 is 32.3 Å². The van der Waals surface area contributed by atoms with Crippen LogP contribution in [0.15, 0.2) is 35.4 Å². The second-order valence-electron chi connectivity index (χ2n) is 16.0. The van der Waals surface area contributed by atoms with Crippen LogP contribution in [-0.2, 0) is 19.5 Å². The van der Waals surface area contributed by atoms with E-state index in [0.717, 1.165) is 6.16 Å². The molecule has 0 atom stereocenters. The van der Waals surface area contributed by atoms with Crippen molar-refractivity contribution in [3.05, 3.63) is 45.4 Å². The Hall–Kier alpha value is 0.897. The summed E-state index contributed by atoms with van der Waals surface area (Å²) in [6.45, 7) is 42.4. The Balaban J connectivity index is 0. The largest absolute Gasteiger partial charge is 2.00 e. The van der Waals surface area contributed by atoms with Gasteiger partial charge in [-0.15, -0.1) is 5.70 Å². The third-order valence-corrected chi connectivity index (χ3v) is 18.4. The molecule has 0 radical (unpaired) electrons. The van der Waals surface area contributed by atoms with Crippen LogP contribution in [-0.4, -0.2) is 43.3 Å². The maximum Gasteiger partial charge on any atom is 2.00 e. The first kappa shape index (κ1) is 39.0. The minimum absolute atomic E-state index is 0. The molecular weight excluding hydrogens is 560 g/mol. The third kappa shape index (κ3) is 16.8. The van der Waals surface area contributed by atoms with Crippen LogP contribution in [0.4, 0.5) is 0 Å². The van der Waals surface area contributed by atoms with E-state index in [1.165, 1.54) is 11.4 Å². The van der Waals surface area contributed by atoms with Crippen LogP contribution in [0.25, 0.3) is 9.96 Å². The molecular formula is C29H61N2P2Si2Zn+. The Bertz CT molecular complexity index is 724. The van der Waals surface area contributed by atoms with Crippen LogP contribution in [0.5, 0.6) is 0 Å². The standard InChI is InChI=1S/C23H42NP2.C6H18NSi2.Zn/c1-20(2,3)25(21(4,5)6)16-18-14-13-15-19(24-18)17-26(22(7,8)9)23(10,11)12;1-8(2,3)7-9(4,5)6;/h13-16H,17H2,1-12H3;1-6H3;/q2*-1;+2/p+1/b18-16-;;. The van der Waals surface area contributed by atoms with Gasteiger partial charge in [0.1, 0.15) is 0 Å². The molecule has 7 heteroatoms. The summed E-state index contributed by atoms with van der Waals surface area (Å²) in [6.07, 6.45) is 7.74. The summed E-state index contributed by atoms with van der Waals surface area (Å²) >= 11 is 0. The summed E-state index contributed by atoms with van der Waals surface area (Å²) in [6, 6.07) is 0. The zero-order valence-corrected chi connectivity index (χ0v) is 34.4. The van der Waals surface area contributed by atoms with E-state index < -0.39 is 24.4 Å². The molecule has 36 heavy (non-hydrogen) atoms. The molecule has 0 aromatic rings. The number of nitrogens with zero attached hydrogens (tertiary/aromatic N) is 2. The van der Waals surface area contributed by atoms with Gasteiger partial charge < -0.3 is 9.96 Å². The van der Waals surface area contributed by atoms with Crippen molar-refractivity contribution in [3.8, 4) is 0 Å². The van der Waals surface area contributed by atoms with Crippen molar-refractivity contribution in [2.45, 2.75) is 143 Å². The first-order valence-corrected chi connectivity index (χ1v) is 23.3. The van der Waals surface area contributed by atoms with Crippen LogP contribution in [0, 0.1) is 0 Å². The van der Waals surface area contributed by atoms with E-state index in [-0.39, 0.29) is 27.4 Å². The topological polar surface area (TPSA) is 28.2 Å². The van der Waals surface area contributed by atoms with Gasteiger partial charge in [0, 0.05) is 13.7 Å². The maximum atomic E-state index is 5.09. The summed E-state index contributed by atoms with van der Waals surface area (Å²) in [5.41, 5.74) is 2.44. The predicted molar refractivity (Wildman–Crippen MR) is 178 cm³/mol. The minimum atomic E-state index is -1.11. The van der Waals surface area contributed by atoms with Crippen LogP contribution >= 0.6 is 15.8 Å². The normalized spacial score (nSPS) is 16.9. The number of allylic oxidation sites excluding steroid dienone is 4. The summed E-state index contributed by atoms with van der Waals surface area (Å²) in [4.78, 5) is 0. The molecule has 0 aliphatic carbocycles. The Morgan fingerprint density at radius 3 is 1.44 bits per heavy atom. The van der Waals surface area contributed by atoms with Crippen molar-refractivity contribution < 1.29 is 19.5 Å². The summed E-state index contributed by atoms with van der Waals surface area (Å²) in [7, 11) is -3.09. The molecule has 0 aromatic heterocycles. The molecule has 0 fully saturated rings. The molecule has 1 aliphatic heterocycles. The van der Waals surface area contributed by atoms with Crippen molar-refractivity contribution in [3.63, 3.8) is 0 Å². The van der Waals surface area contributed by atoms with Gasteiger partial charge in [0.2, 0.25) is 0 Å². The predicted octanol–water partition coefficient (Wildman–Crippen LogP) is 11.6. The van der Waals surface area contributed by atoms with Crippen molar-refractivity contribution in [2.24, 2.45) is 0 Å². The Morgan fingerprint density at radius 2 is 1.17 bits per heavy atom. The van der Waals surface area contributed by atoms with Gasteiger partial charge in [-0.2, -0.15) is 5.70 Å². The molecule has 1 rings (SSSR count). The Morgan fingerprint density at radius 1 is 0.778 bits per heavy atom. The van der Waals surface area contributed by atoms with Crippen molar-refractivity contribution in [2.75, 3.05) is 6.16 Å². The van der Waals surface area contributed by atoms with E-state index in [0.29, 0.717) is 20.6 Å². The van der Waals surface area contributed by atoms with E-state index in [9.17, 15) is 0 Å². The molecule has 1 heterocycles. The Labute approximate surface area is 245 Å². The Kier molecular flexibility index (Phi) is 15.2. The molecule has 0 N–H and O–H groups in total. The SMILES string of the molecule is CC(C)(C)P(CC1=CC=C/C(=C/[PH+](C(C)(C)C)C(C)(C)C)[N-]1)C(C)(C)C.C[Si](C)(C)[N-][Si](C)(C)C.[Zn+2]. The quantitative estimate of drug-likeness (QED) is 0.216. The van der Waals surface area contributed by atoms with E-state index in [2.05, 4.69) is 146 Å². The second kappa shape index (κ2) is 14.0. The molecule has 0 unspecified atom stereocenters.